The highest BCUT2D eigenvalue weighted by Crippen LogP contribution is 1.86. The van der Waals surface area contributed by atoms with E-state index < -0.39 is 6.10 Å². The van der Waals surface area contributed by atoms with Crippen LogP contribution in [0.2, 0.25) is 0 Å². The number of rotatable bonds is 4. The Morgan fingerprint density at radius 2 is 2.62 bits per heavy atom. The monoisotopic (exact) mass is 183 g/mol. The SMILES string of the molecule is COC[C@H](O)Cn1n[c]ccc1=O. The number of nitrogens with zero attached hydrogens (tertiary/aromatic N) is 2. The Balaban J connectivity index is 2.63. The molecule has 5 heteroatoms. The molecule has 0 aliphatic rings. The zero-order chi connectivity index (χ0) is 9.68. The van der Waals surface area contributed by atoms with Crippen molar-refractivity contribution in [2.24, 2.45) is 0 Å². The van der Waals surface area contributed by atoms with Gasteiger partial charge in [-0.1, -0.05) is 0 Å². The van der Waals surface area contributed by atoms with Gasteiger partial charge in [-0.15, -0.1) is 0 Å². The van der Waals surface area contributed by atoms with Gasteiger partial charge in [-0.05, 0) is 6.07 Å². The first-order chi connectivity index (χ1) is 6.24. The molecular weight excluding hydrogens is 172 g/mol. The first-order valence-corrected chi connectivity index (χ1v) is 3.85. The second-order valence-corrected chi connectivity index (χ2v) is 2.59. The Morgan fingerprint density at radius 1 is 1.85 bits per heavy atom. The highest BCUT2D eigenvalue weighted by molar-refractivity contribution is 4.83. The number of hydrogen-bond acceptors (Lipinski definition) is 4. The number of hydrogen-bond donors (Lipinski definition) is 1. The number of aliphatic hydroxyl groups excluding tert-OH is 1. The Hall–Kier alpha value is -1.20. The van der Waals surface area contributed by atoms with Gasteiger partial charge >= 0.3 is 0 Å². The van der Waals surface area contributed by atoms with Crippen molar-refractivity contribution >= 4 is 0 Å². The van der Waals surface area contributed by atoms with Crippen molar-refractivity contribution in [1.29, 1.82) is 0 Å². The van der Waals surface area contributed by atoms with Gasteiger partial charge in [0.2, 0.25) is 0 Å². The lowest BCUT2D eigenvalue weighted by atomic mass is 10.4. The molecule has 0 saturated heterocycles. The maximum Gasteiger partial charge on any atom is 0.266 e. The maximum atomic E-state index is 11.1. The minimum atomic E-state index is -0.717. The molecule has 0 unspecified atom stereocenters. The van der Waals surface area contributed by atoms with Crippen LogP contribution in [0.15, 0.2) is 16.9 Å². The van der Waals surface area contributed by atoms with Crippen LogP contribution in [-0.4, -0.2) is 34.7 Å². The van der Waals surface area contributed by atoms with Crippen molar-refractivity contribution in [3.05, 3.63) is 28.7 Å². The molecule has 0 fully saturated rings. The third-order valence-corrected chi connectivity index (χ3v) is 1.48. The fraction of sp³-hybridized carbons (Fsp3) is 0.500. The van der Waals surface area contributed by atoms with Crippen molar-refractivity contribution in [3.8, 4) is 0 Å². The Kier molecular flexibility index (Phi) is 3.60. The van der Waals surface area contributed by atoms with Gasteiger partial charge in [-0.3, -0.25) is 4.79 Å². The molecule has 1 atom stereocenters. The van der Waals surface area contributed by atoms with Gasteiger partial charge in [-0.25, -0.2) is 4.68 Å². The second kappa shape index (κ2) is 4.74. The Bertz CT molecular complexity index is 310. The van der Waals surface area contributed by atoms with Gasteiger partial charge < -0.3 is 9.84 Å². The summed E-state index contributed by atoms with van der Waals surface area (Å²) in [5, 5.41) is 13.0. The number of aromatic nitrogens is 2. The topological polar surface area (TPSA) is 64.3 Å². The summed E-state index contributed by atoms with van der Waals surface area (Å²) in [6, 6.07) is 2.77. The summed E-state index contributed by atoms with van der Waals surface area (Å²) < 4.78 is 5.85. The summed E-state index contributed by atoms with van der Waals surface area (Å²) in [6.07, 6.45) is 1.79. The Morgan fingerprint density at radius 3 is 3.23 bits per heavy atom. The average molecular weight is 183 g/mol. The van der Waals surface area contributed by atoms with Crippen molar-refractivity contribution in [1.82, 2.24) is 9.78 Å². The zero-order valence-electron chi connectivity index (χ0n) is 7.30. The summed E-state index contributed by atoms with van der Waals surface area (Å²) in [6.45, 7) is 0.313. The summed E-state index contributed by atoms with van der Waals surface area (Å²) >= 11 is 0. The van der Waals surface area contributed by atoms with Crippen LogP contribution in [0.1, 0.15) is 0 Å². The van der Waals surface area contributed by atoms with E-state index in [0.717, 1.165) is 4.68 Å². The van der Waals surface area contributed by atoms with Crippen molar-refractivity contribution in [2.45, 2.75) is 12.6 Å². The first-order valence-electron chi connectivity index (χ1n) is 3.85. The third-order valence-electron chi connectivity index (χ3n) is 1.48. The molecule has 1 aromatic rings. The number of methoxy groups -OCH3 is 1. The molecular formula is C8H11N2O3. The molecule has 1 radical (unpaired) electrons. The third kappa shape index (κ3) is 2.96. The molecule has 13 heavy (non-hydrogen) atoms. The van der Waals surface area contributed by atoms with E-state index in [4.69, 9.17) is 4.74 Å². The summed E-state index contributed by atoms with van der Waals surface area (Å²) in [5.41, 5.74) is -0.256. The van der Waals surface area contributed by atoms with Gasteiger partial charge in [0.15, 0.2) is 0 Å². The highest BCUT2D eigenvalue weighted by atomic mass is 16.5. The van der Waals surface area contributed by atoms with E-state index in [-0.39, 0.29) is 18.7 Å². The van der Waals surface area contributed by atoms with Crippen LogP contribution in [0.5, 0.6) is 0 Å². The fourth-order valence-electron chi connectivity index (χ4n) is 0.922. The molecule has 1 rings (SSSR count). The number of ether oxygens (including phenoxy) is 1. The minimum absolute atomic E-state index is 0.129. The largest absolute Gasteiger partial charge is 0.389 e. The number of aliphatic hydroxyl groups is 1. The van der Waals surface area contributed by atoms with Crippen LogP contribution in [0.25, 0.3) is 0 Å². The summed E-state index contributed by atoms with van der Waals surface area (Å²) in [5.74, 6) is 0. The van der Waals surface area contributed by atoms with Gasteiger partial charge in [0.1, 0.15) is 6.20 Å². The van der Waals surface area contributed by atoms with Crippen molar-refractivity contribution in [3.63, 3.8) is 0 Å². The lowest BCUT2D eigenvalue weighted by Crippen LogP contribution is -2.30. The first kappa shape index (κ1) is 9.88. The molecule has 0 aromatic carbocycles. The molecule has 71 valence electrons. The molecule has 0 bridgehead atoms. The molecule has 1 heterocycles. The fourth-order valence-corrected chi connectivity index (χ4v) is 0.922. The van der Waals surface area contributed by atoms with Crippen LogP contribution >= 0.6 is 0 Å². The zero-order valence-corrected chi connectivity index (χ0v) is 7.30. The van der Waals surface area contributed by atoms with Crippen molar-refractivity contribution in [2.75, 3.05) is 13.7 Å². The van der Waals surface area contributed by atoms with Crippen LogP contribution < -0.4 is 5.56 Å². The molecule has 0 aliphatic heterocycles. The highest BCUT2D eigenvalue weighted by Gasteiger charge is 2.05. The van der Waals surface area contributed by atoms with Gasteiger partial charge in [0.05, 0.1) is 19.3 Å². The van der Waals surface area contributed by atoms with E-state index in [2.05, 4.69) is 11.3 Å². The van der Waals surface area contributed by atoms with Crippen LogP contribution in [-0.2, 0) is 11.3 Å². The minimum Gasteiger partial charge on any atom is -0.389 e. The summed E-state index contributed by atoms with van der Waals surface area (Å²) in [4.78, 5) is 11.1. The quantitative estimate of drug-likeness (QED) is 0.653. The van der Waals surface area contributed by atoms with Crippen LogP contribution in [0, 0.1) is 6.20 Å². The van der Waals surface area contributed by atoms with Crippen LogP contribution in [0.3, 0.4) is 0 Å². The molecule has 0 spiro atoms. The molecule has 1 N–H and O–H groups in total. The predicted molar refractivity (Wildman–Crippen MR) is 45.2 cm³/mol. The van der Waals surface area contributed by atoms with E-state index in [1.54, 1.807) is 0 Å². The summed E-state index contributed by atoms with van der Waals surface area (Å²) in [7, 11) is 1.48. The Labute approximate surface area is 75.6 Å². The van der Waals surface area contributed by atoms with Crippen molar-refractivity contribution < 1.29 is 9.84 Å². The maximum absolute atomic E-state index is 11.1. The average Bonchev–Trinajstić information content (AvgIpc) is 2.09. The molecule has 0 aliphatic carbocycles. The van der Waals surface area contributed by atoms with Gasteiger partial charge in [0, 0.05) is 13.2 Å². The molecule has 0 saturated carbocycles. The molecule has 0 amide bonds. The normalized spacial score (nSPS) is 12.8. The van der Waals surface area contributed by atoms with E-state index in [0.29, 0.717) is 0 Å². The predicted octanol–water partition coefficient (Wildman–Crippen LogP) is -0.949. The van der Waals surface area contributed by atoms with E-state index in [1.165, 1.54) is 19.2 Å². The lowest BCUT2D eigenvalue weighted by Gasteiger charge is -2.09. The van der Waals surface area contributed by atoms with E-state index in [9.17, 15) is 9.90 Å². The van der Waals surface area contributed by atoms with Crippen LogP contribution in [0.4, 0.5) is 0 Å². The van der Waals surface area contributed by atoms with Gasteiger partial charge in [0.25, 0.3) is 5.56 Å². The van der Waals surface area contributed by atoms with E-state index >= 15 is 0 Å². The molecule has 5 nitrogen and oxygen atoms in total. The standard InChI is InChI=1S/C8H11N2O3/c1-13-6-7(11)5-10-8(12)3-2-4-9-10/h2-3,7,11H,5-6H2,1H3/t7-/m1/s1. The van der Waals surface area contributed by atoms with Gasteiger partial charge in [-0.2, -0.15) is 5.10 Å². The second-order valence-electron chi connectivity index (χ2n) is 2.59. The molecule has 1 aromatic heterocycles. The smallest absolute Gasteiger partial charge is 0.266 e. The van der Waals surface area contributed by atoms with E-state index in [1.807, 2.05) is 0 Å². The lowest BCUT2D eigenvalue weighted by molar-refractivity contribution is 0.0504.